The Morgan fingerprint density at radius 1 is 1.38 bits per heavy atom. The largest absolute Gasteiger partial charge is 0.350 e. The Morgan fingerprint density at radius 3 is 3.08 bits per heavy atom. The van der Waals surface area contributed by atoms with Crippen LogP contribution < -0.4 is 5.32 Å². The number of nitrogens with one attached hydrogen (secondary N) is 2. The average molecular weight is 406 g/mol. The summed E-state index contributed by atoms with van der Waals surface area (Å²) in [5.74, 6) is 0.781. The van der Waals surface area contributed by atoms with Gasteiger partial charge in [-0.15, -0.1) is 22.7 Å². The van der Waals surface area contributed by atoms with Gasteiger partial charge in [0.2, 0.25) is 5.91 Å². The molecule has 1 aliphatic carbocycles. The van der Waals surface area contributed by atoms with Crippen LogP contribution in [-0.2, 0) is 30.7 Å². The van der Waals surface area contributed by atoms with E-state index in [4.69, 9.17) is 12.2 Å². The van der Waals surface area contributed by atoms with Crippen molar-refractivity contribution in [3.05, 3.63) is 37.9 Å². The molecule has 0 saturated heterocycles. The predicted octanol–water partition coefficient (Wildman–Crippen LogP) is 3.71. The Kier molecular flexibility index (Phi) is 5.28. The van der Waals surface area contributed by atoms with Gasteiger partial charge in [-0.2, -0.15) is 5.10 Å². The van der Waals surface area contributed by atoms with Crippen molar-refractivity contribution in [2.45, 2.75) is 45.2 Å². The number of amides is 1. The molecule has 9 heteroatoms. The average Bonchev–Trinajstić information content (AvgIpc) is 3.37. The van der Waals surface area contributed by atoms with Crippen LogP contribution in [0.25, 0.3) is 10.7 Å². The highest BCUT2D eigenvalue weighted by Gasteiger charge is 2.16. The Labute approximate surface area is 164 Å². The van der Waals surface area contributed by atoms with Gasteiger partial charge in [0, 0.05) is 17.8 Å². The van der Waals surface area contributed by atoms with E-state index in [9.17, 15) is 4.79 Å². The van der Waals surface area contributed by atoms with E-state index in [1.54, 1.807) is 22.7 Å². The quantitative estimate of drug-likeness (QED) is 0.613. The third kappa shape index (κ3) is 3.79. The lowest BCUT2D eigenvalue weighted by Crippen LogP contribution is -2.24. The minimum Gasteiger partial charge on any atom is -0.350 e. The fourth-order valence-corrected chi connectivity index (χ4v) is 5.12. The SMILES string of the molecule is O=C(CCn1c(-c2cccs2)n[nH]c1=S)NCc1nc2c(s1)CCCC2. The van der Waals surface area contributed by atoms with Crippen molar-refractivity contribution in [1.29, 1.82) is 0 Å². The van der Waals surface area contributed by atoms with E-state index < -0.39 is 0 Å². The van der Waals surface area contributed by atoms with Crippen LogP contribution in [0.5, 0.6) is 0 Å². The summed E-state index contributed by atoms with van der Waals surface area (Å²) in [7, 11) is 0. The van der Waals surface area contributed by atoms with Crippen molar-refractivity contribution in [2.24, 2.45) is 0 Å². The highest BCUT2D eigenvalue weighted by molar-refractivity contribution is 7.71. The molecule has 0 aromatic carbocycles. The smallest absolute Gasteiger partial charge is 0.222 e. The number of hydrogen-bond acceptors (Lipinski definition) is 6. The second-order valence-electron chi connectivity index (χ2n) is 6.19. The van der Waals surface area contributed by atoms with Gasteiger partial charge >= 0.3 is 0 Å². The molecule has 6 nitrogen and oxygen atoms in total. The van der Waals surface area contributed by atoms with Crippen LogP contribution in [0.3, 0.4) is 0 Å². The number of H-pyrrole nitrogens is 1. The molecule has 2 N–H and O–H groups in total. The van der Waals surface area contributed by atoms with Gasteiger partial charge in [-0.1, -0.05) is 6.07 Å². The first-order valence-electron chi connectivity index (χ1n) is 8.64. The number of aryl methyl sites for hydroxylation is 2. The molecule has 136 valence electrons. The van der Waals surface area contributed by atoms with Crippen molar-refractivity contribution >= 4 is 40.8 Å². The lowest BCUT2D eigenvalue weighted by molar-refractivity contribution is -0.121. The van der Waals surface area contributed by atoms with Crippen molar-refractivity contribution in [3.8, 4) is 10.7 Å². The minimum absolute atomic E-state index is 0.00148. The van der Waals surface area contributed by atoms with Gasteiger partial charge in [0.15, 0.2) is 10.6 Å². The van der Waals surface area contributed by atoms with Crippen LogP contribution in [0.1, 0.15) is 34.8 Å². The first-order chi connectivity index (χ1) is 12.7. The number of thiazole rings is 1. The van der Waals surface area contributed by atoms with E-state index in [0.29, 0.717) is 24.3 Å². The number of nitrogens with zero attached hydrogens (tertiary/aromatic N) is 3. The van der Waals surface area contributed by atoms with Crippen LogP contribution in [0.15, 0.2) is 17.5 Å². The zero-order valence-corrected chi connectivity index (χ0v) is 16.6. The zero-order valence-electron chi connectivity index (χ0n) is 14.2. The van der Waals surface area contributed by atoms with Gasteiger partial charge in [-0.25, -0.2) is 4.98 Å². The topological polar surface area (TPSA) is 75.6 Å². The van der Waals surface area contributed by atoms with Crippen molar-refractivity contribution in [2.75, 3.05) is 0 Å². The number of carbonyl (C=O) groups is 1. The Bertz CT molecular complexity index is 930. The van der Waals surface area contributed by atoms with E-state index >= 15 is 0 Å². The molecule has 1 amide bonds. The maximum Gasteiger partial charge on any atom is 0.222 e. The van der Waals surface area contributed by atoms with Gasteiger partial charge in [-0.05, 0) is 49.3 Å². The Hall–Kier alpha value is -1.84. The first kappa shape index (κ1) is 17.6. The summed E-state index contributed by atoms with van der Waals surface area (Å²) < 4.78 is 2.41. The van der Waals surface area contributed by atoms with E-state index in [1.165, 1.54) is 23.4 Å². The molecule has 0 bridgehead atoms. The number of rotatable bonds is 6. The minimum atomic E-state index is -0.00148. The normalized spacial score (nSPS) is 13.5. The van der Waals surface area contributed by atoms with Crippen LogP contribution >= 0.6 is 34.9 Å². The highest BCUT2D eigenvalue weighted by atomic mass is 32.1. The van der Waals surface area contributed by atoms with Crippen LogP contribution in [0, 0.1) is 4.77 Å². The fraction of sp³-hybridized carbons (Fsp3) is 0.412. The maximum atomic E-state index is 12.3. The zero-order chi connectivity index (χ0) is 17.9. The second kappa shape index (κ2) is 7.81. The number of fused-ring (bicyclic) bond motifs is 1. The van der Waals surface area contributed by atoms with Gasteiger partial charge < -0.3 is 5.32 Å². The molecular formula is C17H19N5OS3. The monoisotopic (exact) mass is 405 g/mol. The van der Waals surface area contributed by atoms with Crippen LogP contribution in [0.2, 0.25) is 0 Å². The lowest BCUT2D eigenvalue weighted by Gasteiger charge is -2.06. The third-order valence-electron chi connectivity index (χ3n) is 4.39. The van der Waals surface area contributed by atoms with Gasteiger partial charge in [0.25, 0.3) is 0 Å². The lowest BCUT2D eigenvalue weighted by atomic mass is 10.0. The molecular weight excluding hydrogens is 386 g/mol. The van der Waals surface area contributed by atoms with Gasteiger partial charge in [-0.3, -0.25) is 14.5 Å². The number of aromatic amines is 1. The fourth-order valence-electron chi connectivity index (χ4n) is 3.08. The van der Waals surface area contributed by atoms with Crippen molar-refractivity contribution < 1.29 is 4.79 Å². The molecule has 1 aliphatic rings. The molecule has 3 aromatic rings. The summed E-state index contributed by atoms with van der Waals surface area (Å²) in [4.78, 5) is 19.3. The van der Waals surface area contributed by atoms with Crippen LogP contribution in [-0.4, -0.2) is 25.7 Å². The molecule has 0 radical (unpaired) electrons. The highest BCUT2D eigenvalue weighted by Crippen LogP contribution is 2.26. The molecule has 0 atom stereocenters. The number of aromatic nitrogens is 4. The van der Waals surface area contributed by atoms with Crippen molar-refractivity contribution in [3.63, 3.8) is 0 Å². The molecule has 26 heavy (non-hydrogen) atoms. The molecule has 0 saturated carbocycles. The van der Waals surface area contributed by atoms with E-state index in [-0.39, 0.29) is 5.91 Å². The summed E-state index contributed by atoms with van der Waals surface area (Å²) in [5, 5.41) is 13.1. The standard InChI is InChI=1S/C17H19N5OS3/c23-14(18-10-15-19-11-4-1-2-5-12(11)26-15)7-8-22-16(20-21-17(22)24)13-6-3-9-25-13/h3,6,9H,1-2,4-5,7-8,10H2,(H,18,23)(H,21,24). The van der Waals surface area contributed by atoms with E-state index in [0.717, 1.165) is 28.6 Å². The molecule has 0 aliphatic heterocycles. The number of carbonyl (C=O) groups excluding carboxylic acids is 1. The van der Waals surface area contributed by atoms with Gasteiger partial charge in [0.1, 0.15) is 5.01 Å². The molecule has 0 spiro atoms. The Morgan fingerprint density at radius 2 is 2.27 bits per heavy atom. The van der Waals surface area contributed by atoms with E-state index in [2.05, 4.69) is 20.5 Å². The summed E-state index contributed by atoms with van der Waals surface area (Å²) in [6.45, 7) is 1.01. The summed E-state index contributed by atoms with van der Waals surface area (Å²) in [6, 6.07) is 3.97. The molecule has 3 aromatic heterocycles. The van der Waals surface area contributed by atoms with Crippen molar-refractivity contribution in [1.82, 2.24) is 25.1 Å². The molecule has 0 fully saturated rings. The first-order valence-corrected chi connectivity index (χ1v) is 10.7. The summed E-state index contributed by atoms with van der Waals surface area (Å²) in [6.07, 6.45) is 5.03. The molecule has 4 rings (SSSR count). The maximum absolute atomic E-state index is 12.3. The Balaban J connectivity index is 1.34. The second-order valence-corrected chi connectivity index (χ2v) is 8.70. The van der Waals surface area contributed by atoms with Crippen LogP contribution in [0.4, 0.5) is 0 Å². The number of thiophene rings is 1. The number of hydrogen-bond donors (Lipinski definition) is 2. The third-order valence-corrected chi connectivity index (χ3v) is 6.72. The predicted molar refractivity (Wildman–Crippen MR) is 106 cm³/mol. The van der Waals surface area contributed by atoms with E-state index in [1.807, 2.05) is 22.1 Å². The molecule has 3 heterocycles. The summed E-state index contributed by atoms with van der Waals surface area (Å²) in [5.41, 5.74) is 1.23. The van der Waals surface area contributed by atoms with Gasteiger partial charge in [0.05, 0.1) is 17.1 Å². The summed E-state index contributed by atoms with van der Waals surface area (Å²) >= 11 is 8.64. The molecule has 0 unspecified atom stereocenters.